The maximum Gasteiger partial charge on any atom is 0.273 e. The van der Waals surface area contributed by atoms with Crippen LogP contribution < -0.4 is 11.1 Å². The fraction of sp³-hybridized carbons (Fsp3) is 0.238. The molecule has 31 heavy (non-hydrogen) atoms. The highest BCUT2D eigenvalue weighted by Gasteiger charge is 2.37. The molecule has 0 atom stereocenters. The number of anilines is 2. The SMILES string of the molecule is CC1(C)CN(C(=O)c2ccc(Nc3nn(-c4c(Cl)cccc4Cl)nc3C(N)=O)cc2)C1. The third kappa shape index (κ3) is 4.22. The summed E-state index contributed by atoms with van der Waals surface area (Å²) >= 11 is 12.4. The molecule has 1 saturated heterocycles. The van der Waals surface area contributed by atoms with E-state index in [9.17, 15) is 9.59 Å². The average molecular weight is 459 g/mol. The lowest BCUT2D eigenvalue weighted by Crippen LogP contribution is -2.55. The molecule has 0 aliphatic carbocycles. The largest absolute Gasteiger partial charge is 0.364 e. The number of hydrogen-bond acceptors (Lipinski definition) is 5. The van der Waals surface area contributed by atoms with Crippen LogP contribution in [0.1, 0.15) is 34.7 Å². The fourth-order valence-electron chi connectivity index (χ4n) is 3.48. The number of nitrogens with one attached hydrogen (secondary N) is 1. The van der Waals surface area contributed by atoms with Crippen molar-refractivity contribution >= 4 is 46.5 Å². The Hall–Kier alpha value is -3.10. The molecule has 0 saturated carbocycles. The second kappa shape index (κ2) is 7.86. The monoisotopic (exact) mass is 458 g/mol. The average Bonchev–Trinajstić information content (AvgIpc) is 3.09. The lowest BCUT2D eigenvalue weighted by atomic mass is 9.84. The van der Waals surface area contributed by atoms with Crippen LogP contribution in [0.15, 0.2) is 42.5 Å². The lowest BCUT2D eigenvalue weighted by molar-refractivity contribution is 0.0236. The van der Waals surface area contributed by atoms with E-state index < -0.39 is 5.91 Å². The molecule has 8 nitrogen and oxygen atoms in total. The van der Waals surface area contributed by atoms with Gasteiger partial charge in [0.2, 0.25) is 0 Å². The number of aromatic nitrogens is 3. The molecule has 0 radical (unpaired) electrons. The Morgan fingerprint density at radius 1 is 1.03 bits per heavy atom. The van der Waals surface area contributed by atoms with E-state index in [-0.39, 0.29) is 22.8 Å². The van der Waals surface area contributed by atoms with Crippen LogP contribution in [-0.4, -0.2) is 44.8 Å². The fourth-order valence-corrected chi connectivity index (χ4v) is 4.03. The van der Waals surface area contributed by atoms with Crippen molar-refractivity contribution in [3.8, 4) is 5.69 Å². The van der Waals surface area contributed by atoms with Crippen molar-refractivity contribution in [1.82, 2.24) is 19.9 Å². The number of benzene rings is 2. The Kier molecular flexibility index (Phi) is 5.36. The van der Waals surface area contributed by atoms with E-state index >= 15 is 0 Å². The van der Waals surface area contributed by atoms with Gasteiger partial charge in [-0.3, -0.25) is 9.59 Å². The van der Waals surface area contributed by atoms with Crippen LogP contribution in [0.25, 0.3) is 5.69 Å². The number of carbonyl (C=O) groups excluding carboxylic acids is 2. The second-order valence-electron chi connectivity index (χ2n) is 8.15. The Labute approximate surface area is 188 Å². The van der Waals surface area contributed by atoms with Gasteiger partial charge in [0.25, 0.3) is 11.8 Å². The minimum absolute atomic E-state index is 0.0111. The molecule has 3 N–H and O–H groups in total. The van der Waals surface area contributed by atoms with Crippen molar-refractivity contribution in [3.63, 3.8) is 0 Å². The molecular weight excluding hydrogens is 439 g/mol. The van der Waals surface area contributed by atoms with Gasteiger partial charge in [0, 0.05) is 24.3 Å². The van der Waals surface area contributed by atoms with E-state index in [1.54, 1.807) is 42.5 Å². The summed E-state index contributed by atoms with van der Waals surface area (Å²) in [5, 5.41) is 12.1. The van der Waals surface area contributed by atoms with Gasteiger partial charge in [0.05, 0.1) is 10.0 Å². The maximum atomic E-state index is 12.5. The van der Waals surface area contributed by atoms with E-state index in [0.717, 1.165) is 17.9 Å². The Balaban J connectivity index is 1.57. The number of amides is 2. The van der Waals surface area contributed by atoms with Gasteiger partial charge in [-0.25, -0.2) is 0 Å². The number of likely N-dealkylation sites (tertiary alicyclic amines) is 1. The molecule has 10 heteroatoms. The Morgan fingerprint density at radius 3 is 2.19 bits per heavy atom. The van der Waals surface area contributed by atoms with Crippen molar-refractivity contribution in [2.24, 2.45) is 11.1 Å². The molecule has 160 valence electrons. The molecule has 1 aliphatic heterocycles. The Morgan fingerprint density at radius 2 is 1.65 bits per heavy atom. The van der Waals surface area contributed by atoms with Crippen LogP contribution >= 0.6 is 23.2 Å². The van der Waals surface area contributed by atoms with Gasteiger partial charge in [0.1, 0.15) is 5.69 Å². The third-order valence-electron chi connectivity index (χ3n) is 4.90. The zero-order valence-electron chi connectivity index (χ0n) is 16.9. The predicted molar refractivity (Wildman–Crippen MR) is 119 cm³/mol. The number of halogens is 2. The lowest BCUT2D eigenvalue weighted by Gasteiger charge is -2.45. The van der Waals surface area contributed by atoms with Gasteiger partial charge in [-0.2, -0.15) is 0 Å². The van der Waals surface area contributed by atoms with E-state index in [2.05, 4.69) is 29.4 Å². The maximum absolute atomic E-state index is 12.5. The van der Waals surface area contributed by atoms with E-state index in [1.165, 1.54) is 0 Å². The van der Waals surface area contributed by atoms with Crippen LogP contribution in [0.5, 0.6) is 0 Å². The molecule has 1 aliphatic rings. The third-order valence-corrected chi connectivity index (χ3v) is 5.51. The zero-order chi connectivity index (χ0) is 22.3. The quantitative estimate of drug-likeness (QED) is 0.602. The van der Waals surface area contributed by atoms with Gasteiger partial charge in [-0.1, -0.05) is 43.1 Å². The summed E-state index contributed by atoms with van der Waals surface area (Å²) in [6.45, 7) is 5.73. The highest BCUT2D eigenvalue weighted by Crippen LogP contribution is 2.31. The summed E-state index contributed by atoms with van der Waals surface area (Å²) in [5.41, 5.74) is 7.09. The summed E-state index contributed by atoms with van der Waals surface area (Å²) in [6, 6.07) is 11.9. The molecule has 2 aromatic carbocycles. The van der Waals surface area contributed by atoms with E-state index in [4.69, 9.17) is 28.9 Å². The van der Waals surface area contributed by atoms with Gasteiger partial charge in [-0.15, -0.1) is 15.0 Å². The topological polar surface area (TPSA) is 106 Å². The molecule has 4 rings (SSSR count). The second-order valence-corrected chi connectivity index (χ2v) is 8.96. The van der Waals surface area contributed by atoms with Crippen molar-refractivity contribution in [2.75, 3.05) is 18.4 Å². The van der Waals surface area contributed by atoms with Crippen molar-refractivity contribution in [1.29, 1.82) is 0 Å². The molecule has 1 fully saturated rings. The van der Waals surface area contributed by atoms with Gasteiger partial charge >= 0.3 is 0 Å². The van der Waals surface area contributed by atoms with E-state index in [1.807, 2.05) is 4.90 Å². The normalized spacial score (nSPS) is 14.8. The van der Waals surface area contributed by atoms with Gasteiger partial charge in [-0.05, 0) is 41.8 Å². The van der Waals surface area contributed by atoms with Crippen LogP contribution in [0.3, 0.4) is 0 Å². The molecule has 1 aromatic heterocycles. The summed E-state index contributed by atoms with van der Waals surface area (Å²) in [5.74, 6) is -0.626. The molecule has 3 aromatic rings. The minimum Gasteiger partial charge on any atom is -0.364 e. The Bertz CT molecular complexity index is 1140. The van der Waals surface area contributed by atoms with E-state index in [0.29, 0.717) is 27.0 Å². The first kappa shape index (κ1) is 21.1. The molecule has 2 amide bonds. The van der Waals surface area contributed by atoms with Crippen LogP contribution in [0.4, 0.5) is 11.5 Å². The molecule has 0 unspecified atom stereocenters. The molecular formula is C21H20Cl2N6O2. The molecule has 0 spiro atoms. The van der Waals surface area contributed by atoms with Crippen molar-refractivity contribution < 1.29 is 9.59 Å². The van der Waals surface area contributed by atoms with Crippen molar-refractivity contribution in [2.45, 2.75) is 13.8 Å². The number of hydrogen-bond donors (Lipinski definition) is 2. The summed E-state index contributed by atoms with van der Waals surface area (Å²) in [6.07, 6.45) is 0. The van der Waals surface area contributed by atoms with Gasteiger partial charge < -0.3 is 16.0 Å². The minimum atomic E-state index is -0.760. The first-order valence-corrected chi connectivity index (χ1v) is 10.3. The summed E-state index contributed by atoms with van der Waals surface area (Å²) in [7, 11) is 0. The highest BCUT2D eigenvalue weighted by molar-refractivity contribution is 6.37. The summed E-state index contributed by atoms with van der Waals surface area (Å²) < 4.78 is 0. The van der Waals surface area contributed by atoms with Crippen LogP contribution in [0, 0.1) is 5.41 Å². The number of primary amides is 1. The first-order chi connectivity index (χ1) is 14.6. The molecule has 0 bridgehead atoms. The number of nitrogens with zero attached hydrogens (tertiary/aromatic N) is 4. The van der Waals surface area contributed by atoms with Crippen LogP contribution in [0.2, 0.25) is 10.0 Å². The summed E-state index contributed by atoms with van der Waals surface area (Å²) in [4.78, 5) is 27.4. The smallest absolute Gasteiger partial charge is 0.273 e. The van der Waals surface area contributed by atoms with Crippen LogP contribution in [-0.2, 0) is 0 Å². The highest BCUT2D eigenvalue weighted by atomic mass is 35.5. The number of nitrogens with two attached hydrogens (primary N) is 1. The van der Waals surface area contributed by atoms with Gasteiger partial charge in [0.15, 0.2) is 11.5 Å². The number of carbonyl (C=O) groups is 2. The number of para-hydroxylation sites is 1. The standard InChI is InChI=1S/C21H20Cl2N6O2/c1-21(2)10-28(11-21)20(31)12-6-8-13(9-7-12)25-19-16(18(24)30)26-29(27-19)17-14(22)4-3-5-15(17)23/h3-9H,10-11H2,1-2H3,(H2,24,30)(H,25,27). The van der Waals surface area contributed by atoms with Crippen molar-refractivity contribution in [3.05, 3.63) is 63.8 Å². The number of rotatable bonds is 5. The molecule has 2 heterocycles. The predicted octanol–water partition coefficient (Wildman–Crippen LogP) is 3.90. The first-order valence-electron chi connectivity index (χ1n) is 9.52. The zero-order valence-corrected chi connectivity index (χ0v) is 18.4.